The molecule has 0 radical (unpaired) electrons. The summed E-state index contributed by atoms with van der Waals surface area (Å²) in [5, 5.41) is 5.10. The van der Waals surface area contributed by atoms with E-state index < -0.39 is 0 Å². The van der Waals surface area contributed by atoms with Crippen molar-refractivity contribution in [3.63, 3.8) is 0 Å². The molecule has 1 nitrogen and oxygen atoms in total. The van der Waals surface area contributed by atoms with E-state index in [2.05, 4.69) is 243 Å². The zero-order valence-corrected chi connectivity index (χ0v) is 33.8. The van der Waals surface area contributed by atoms with Crippen LogP contribution in [0.2, 0.25) is 0 Å². The number of benzene rings is 10. The fourth-order valence-corrected chi connectivity index (χ4v) is 9.50. The smallest absolute Gasteiger partial charge is 0.0465 e. The van der Waals surface area contributed by atoms with E-state index in [0.29, 0.717) is 0 Å². The summed E-state index contributed by atoms with van der Waals surface area (Å²) in [5.74, 6) is 0. The summed E-state index contributed by atoms with van der Waals surface area (Å²) in [5.41, 5.74) is 18.3. The second kappa shape index (κ2) is 14.4. The molecule has 284 valence electrons. The van der Waals surface area contributed by atoms with Gasteiger partial charge in [0.2, 0.25) is 0 Å². The van der Waals surface area contributed by atoms with Gasteiger partial charge in [0.15, 0.2) is 0 Å². The lowest BCUT2D eigenvalue weighted by Crippen LogP contribution is -2.16. The highest BCUT2D eigenvalue weighted by Crippen LogP contribution is 2.52. The molecule has 0 N–H and O–H groups in total. The maximum absolute atomic E-state index is 2.45. The van der Waals surface area contributed by atoms with Crippen LogP contribution in [0.25, 0.3) is 77.2 Å². The predicted molar refractivity (Wildman–Crippen MR) is 255 cm³/mol. The quantitative estimate of drug-likeness (QED) is 0.146. The maximum Gasteiger partial charge on any atom is 0.0465 e. The Kier molecular flexibility index (Phi) is 8.57. The first-order chi connectivity index (χ1) is 29.5. The van der Waals surface area contributed by atoms with E-state index in [1.165, 1.54) is 88.3 Å². The molecule has 0 aromatic heterocycles. The largest absolute Gasteiger partial charge is 0.310 e. The molecule has 11 rings (SSSR count). The van der Waals surface area contributed by atoms with E-state index in [1.54, 1.807) is 0 Å². The Morgan fingerprint density at radius 3 is 1.35 bits per heavy atom. The Morgan fingerprint density at radius 2 is 0.733 bits per heavy atom. The molecule has 0 heterocycles. The topological polar surface area (TPSA) is 3.24 Å². The van der Waals surface area contributed by atoms with Crippen molar-refractivity contribution in [2.75, 3.05) is 4.90 Å². The summed E-state index contributed by atoms with van der Waals surface area (Å²) in [6.07, 6.45) is 0. The van der Waals surface area contributed by atoms with Crippen LogP contribution in [0.1, 0.15) is 25.0 Å². The van der Waals surface area contributed by atoms with Crippen molar-refractivity contribution >= 4 is 38.6 Å². The van der Waals surface area contributed by atoms with Gasteiger partial charge in [0.1, 0.15) is 0 Å². The third kappa shape index (κ3) is 6.10. The molecule has 60 heavy (non-hydrogen) atoms. The molecule has 0 bridgehead atoms. The molecule has 0 saturated heterocycles. The lowest BCUT2D eigenvalue weighted by molar-refractivity contribution is 0.660. The normalized spacial score (nSPS) is 12.6. The van der Waals surface area contributed by atoms with Gasteiger partial charge in [-0.15, -0.1) is 0 Å². The molecule has 0 atom stereocenters. The van der Waals surface area contributed by atoms with Gasteiger partial charge in [-0.25, -0.2) is 0 Å². The van der Waals surface area contributed by atoms with Crippen LogP contribution >= 0.6 is 0 Å². The van der Waals surface area contributed by atoms with Crippen LogP contribution in [0.4, 0.5) is 17.1 Å². The van der Waals surface area contributed by atoms with Crippen molar-refractivity contribution in [3.8, 4) is 55.6 Å². The van der Waals surface area contributed by atoms with Gasteiger partial charge in [-0.1, -0.05) is 184 Å². The zero-order chi connectivity index (χ0) is 40.2. The molecule has 1 aliphatic carbocycles. The summed E-state index contributed by atoms with van der Waals surface area (Å²) in [4.78, 5) is 2.40. The minimum Gasteiger partial charge on any atom is -0.310 e. The summed E-state index contributed by atoms with van der Waals surface area (Å²) < 4.78 is 0. The van der Waals surface area contributed by atoms with Gasteiger partial charge >= 0.3 is 0 Å². The fourth-order valence-electron chi connectivity index (χ4n) is 9.50. The summed E-state index contributed by atoms with van der Waals surface area (Å²) in [6.45, 7) is 4.78. The second-order valence-electron chi connectivity index (χ2n) is 16.5. The Morgan fingerprint density at radius 1 is 0.283 bits per heavy atom. The van der Waals surface area contributed by atoms with Crippen LogP contribution in [0.3, 0.4) is 0 Å². The first-order valence-electron chi connectivity index (χ1n) is 20.9. The molecule has 1 heteroatoms. The number of anilines is 3. The van der Waals surface area contributed by atoms with E-state index >= 15 is 0 Å². The highest BCUT2D eigenvalue weighted by Gasteiger charge is 2.36. The van der Waals surface area contributed by atoms with Crippen molar-refractivity contribution in [3.05, 3.63) is 236 Å². The van der Waals surface area contributed by atoms with Crippen LogP contribution in [-0.2, 0) is 5.41 Å². The Labute approximate surface area is 352 Å². The van der Waals surface area contributed by atoms with Crippen molar-refractivity contribution in [2.24, 2.45) is 0 Å². The zero-order valence-electron chi connectivity index (χ0n) is 33.8. The standard InChI is InChI=1S/C59H43N/c1-59(2)57-38-46(45-26-33-52-55(44-18-10-5-11-19-44)37-47-20-12-13-21-51(47)56(52)36-45)27-34-53(57)54-35-32-50(39-58(54)59)60(48-28-22-42(23-29-48)40-14-6-3-7-15-40)49-30-24-43(25-31-49)41-16-8-4-9-17-41/h3-39H,1-2H3. The van der Waals surface area contributed by atoms with E-state index in [0.717, 1.165) is 17.1 Å². The predicted octanol–water partition coefficient (Wildman–Crippen LogP) is 16.4. The van der Waals surface area contributed by atoms with Gasteiger partial charge in [0, 0.05) is 22.5 Å². The third-order valence-electron chi connectivity index (χ3n) is 12.7. The Hall–Kier alpha value is -7.48. The first kappa shape index (κ1) is 35.7. The number of hydrogen-bond donors (Lipinski definition) is 0. The summed E-state index contributed by atoms with van der Waals surface area (Å²) >= 11 is 0. The van der Waals surface area contributed by atoms with Gasteiger partial charge in [-0.3, -0.25) is 0 Å². The highest BCUT2D eigenvalue weighted by atomic mass is 15.1. The molecule has 0 unspecified atom stereocenters. The van der Waals surface area contributed by atoms with Crippen LogP contribution in [0.5, 0.6) is 0 Å². The van der Waals surface area contributed by atoms with Gasteiger partial charge in [-0.2, -0.15) is 0 Å². The van der Waals surface area contributed by atoms with E-state index in [4.69, 9.17) is 0 Å². The first-order valence-corrected chi connectivity index (χ1v) is 20.9. The van der Waals surface area contributed by atoms with E-state index in [9.17, 15) is 0 Å². The van der Waals surface area contributed by atoms with Crippen LogP contribution in [0.15, 0.2) is 224 Å². The summed E-state index contributed by atoms with van der Waals surface area (Å²) in [7, 11) is 0. The lowest BCUT2D eigenvalue weighted by atomic mass is 9.81. The van der Waals surface area contributed by atoms with Crippen molar-refractivity contribution in [1.82, 2.24) is 0 Å². The molecule has 0 amide bonds. The average Bonchev–Trinajstić information content (AvgIpc) is 3.54. The van der Waals surface area contributed by atoms with Gasteiger partial charge in [-0.05, 0) is 143 Å². The van der Waals surface area contributed by atoms with Gasteiger partial charge < -0.3 is 4.90 Å². The molecular formula is C59H43N. The number of hydrogen-bond acceptors (Lipinski definition) is 1. The van der Waals surface area contributed by atoms with Crippen molar-refractivity contribution in [1.29, 1.82) is 0 Å². The van der Waals surface area contributed by atoms with Gasteiger partial charge in [0.25, 0.3) is 0 Å². The number of nitrogens with zero attached hydrogens (tertiary/aromatic N) is 1. The van der Waals surface area contributed by atoms with Crippen LogP contribution in [-0.4, -0.2) is 0 Å². The molecule has 0 spiro atoms. The molecule has 1 aliphatic rings. The fraction of sp³-hybridized carbons (Fsp3) is 0.0508. The molecular weight excluding hydrogens is 723 g/mol. The summed E-state index contributed by atoms with van der Waals surface area (Å²) in [6, 6.07) is 82.3. The minimum atomic E-state index is -0.208. The molecule has 10 aromatic carbocycles. The van der Waals surface area contributed by atoms with Crippen molar-refractivity contribution < 1.29 is 0 Å². The second-order valence-corrected chi connectivity index (χ2v) is 16.5. The molecule has 0 saturated carbocycles. The van der Waals surface area contributed by atoms with Gasteiger partial charge in [0.05, 0.1) is 0 Å². The minimum absolute atomic E-state index is 0.208. The third-order valence-corrected chi connectivity index (χ3v) is 12.7. The monoisotopic (exact) mass is 765 g/mol. The van der Waals surface area contributed by atoms with E-state index in [-0.39, 0.29) is 5.41 Å². The Bertz CT molecular complexity index is 3100. The lowest BCUT2D eigenvalue weighted by Gasteiger charge is -2.28. The maximum atomic E-state index is 2.45. The number of fused-ring (bicyclic) bond motifs is 6. The number of rotatable bonds is 7. The highest BCUT2D eigenvalue weighted by molar-refractivity contribution is 6.14. The van der Waals surface area contributed by atoms with Crippen LogP contribution in [0, 0.1) is 0 Å². The molecule has 0 fully saturated rings. The van der Waals surface area contributed by atoms with Crippen LogP contribution < -0.4 is 4.90 Å². The molecule has 0 aliphatic heterocycles. The van der Waals surface area contributed by atoms with E-state index in [1.807, 2.05) is 0 Å². The average molecular weight is 766 g/mol. The molecule has 10 aromatic rings. The Balaban J connectivity index is 0.989. The SMILES string of the molecule is CC1(C)c2cc(-c3ccc4c(-c5ccccc5)cc5ccccc5c4c3)ccc2-c2ccc(N(c3ccc(-c4ccccc4)cc3)c3ccc(-c4ccccc4)cc3)cc21. The van der Waals surface area contributed by atoms with Crippen molar-refractivity contribution in [2.45, 2.75) is 19.3 Å².